The SMILES string of the molecule is CC(C)c1cc(-c2[c-]cccc2)ncc1[Si](C)(C)C.Cc1ccnc(-c2[c-]ccc3c2oc2cc(-c4ccccc4)ccc23)c1.[Ir]. The summed E-state index contributed by atoms with van der Waals surface area (Å²) in [6.07, 6.45) is 3.92. The summed E-state index contributed by atoms with van der Waals surface area (Å²) in [6, 6.07) is 41.7. The first-order valence-corrected chi connectivity index (χ1v) is 19.0. The molecule has 1 radical (unpaired) electrons. The van der Waals surface area contributed by atoms with Crippen molar-refractivity contribution in [3.05, 3.63) is 139 Å². The summed E-state index contributed by atoms with van der Waals surface area (Å²) in [6.45, 7) is 13.7. The van der Waals surface area contributed by atoms with E-state index in [1.54, 1.807) is 0 Å². The Hall–Kier alpha value is -4.15. The maximum atomic E-state index is 6.27. The largest absolute Gasteiger partial charge is 0.501 e. The molecule has 3 aromatic heterocycles. The van der Waals surface area contributed by atoms with Crippen molar-refractivity contribution in [2.75, 3.05) is 0 Å². The van der Waals surface area contributed by atoms with Crippen LogP contribution in [0.15, 0.2) is 120 Å². The molecular weight excluding hydrogens is 757 g/mol. The fourth-order valence-electron chi connectivity index (χ4n) is 5.69. The molecule has 0 saturated heterocycles. The molecule has 7 rings (SSSR count). The number of aromatic nitrogens is 2. The van der Waals surface area contributed by atoms with Crippen LogP contribution >= 0.6 is 0 Å². The molecule has 3 heterocycles. The second-order valence-electron chi connectivity index (χ2n) is 12.8. The van der Waals surface area contributed by atoms with Crippen molar-refractivity contribution >= 4 is 35.2 Å². The topological polar surface area (TPSA) is 38.9 Å². The van der Waals surface area contributed by atoms with Gasteiger partial charge in [-0.05, 0) is 52.7 Å². The fourth-order valence-corrected chi connectivity index (χ4v) is 7.37. The number of fused-ring (bicyclic) bond motifs is 3. The molecule has 7 aromatic rings. The molecular formula is C41H38IrN2OSi-2. The van der Waals surface area contributed by atoms with Crippen LogP contribution in [0, 0.1) is 19.1 Å². The third-order valence-corrected chi connectivity index (χ3v) is 10.1. The molecule has 5 heteroatoms. The van der Waals surface area contributed by atoms with E-state index in [2.05, 4.69) is 135 Å². The molecule has 0 saturated carbocycles. The minimum Gasteiger partial charge on any atom is -0.501 e. The zero-order valence-corrected chi connectivity index (χ0v) is 30.6. The smallest absolute Gasteiger partial charge is 0.121 e. The Morgan fingerprint density at radius 2 is 1.50 bits per heavy atom. The predicted molar refractivity (Wildman–Crippen MR) is 192 cm³/mol. The first-order valence-electron chi connectivity index (χ1n) is 15.5. The summed E-state index contributed by atoms with van der Waals surface area (Å²) in [5.41, 5.74) is 10.6. The van der Waals surface area contributed by atoms with Crippen molar-refractivity contribution in [2.24, 2.45) is 0 Å². The number of nitrogens with zero attached hydrogens (tertiary/aromatic N) is 2. The average molecular weight is 795 g/mol. The minimum absolute atomic E-state index is 0. The first kappa shape index (κ1) is 33.2. The Morgan fingerprint density at radius 1 is 0.717 bits per heavy atom. The van der Waals surface area contributed by atoms with Gasteiger partial charge in [0.2, 0.25) is 0 Å². The van der Waals surface area contributed by atoms with Crippen LogP contribution in [0.2, 0.25) is 19.6 Å². The second kappa shape index (κ2) is 14.1. The Morgan fingerprint density at radius 3 is 2.20 bits per heavy atom. The van der Waals surface area contributed by atoms with E-state index in [4.69, 9.17) is 4.42 Å². The molecule has 0 unspecified atom stereocenters. The van der Waals surface area contributed by atoms with E-state index >= 15 is 0 Å². The number of pyridine rings is 2. The van der Waals surface area contributed by atoms with Crippen LogP contribution in [0.4, 0.5) is 0 Å². The Kier molecular flexibility index (Phi) is 10.2. The normalized spacial score (nSPS) is 11.3. The maximum Gasteiger partial charge on any atom is 0.121 e. The maximum absolute atomic E-state index is 6.27. The Labute approximate surface area is 287 Å². The standard InChI is InChI=1S/C24H16NO.C17H22NSi.Ir/c1-16-12-13-25-22(14-16)21-9-5-8-20-19-11-10-18(15-23(19)26-24(20)21)17-6-3-2-4-7-17;1-13(2)15-11-16(14-9-7-6-8-10-14)18-12-17(15)19(3,4)5;/h2-8,10-15H,1H3;6-9,11-13H,1-5H3;/q2*-1;. The van der Waals surface area contributed by atoms with Gasteiger partial charge in [-0.2, -0.15) is 0 Å². The molecule has 0 bridgehead atoms. The van der Waals surface area contributed by atoms with Gasteiger partial charge in [0.15, 0.2) is 0 Å². The van der Waals surface area contributed by atoms with Gasteiger partial charge in [0.05, 0.1) is 13.7 Å². The van der Waals surface area contributed by atoms with E-state index in [9.17, 15) is 0 Å². The molecule has 3 nitrogen and oxygen atoms in total. The fraction of sp³-hybridized carbons (Fsp3) is 0.171. The van der Waals surface area contributed by atoms with Gasteiger partial charge < -0.3 is 14.4 Å². The molecule has 46 heavy (non-hydrogen) atoms. The van der Waals surface area contributed by atoms with Gasteiger partial charge in [-0.25, -0.2) is 0 Å². The van der Waals surface area contributed by atoms with Gasteiger partial charge in [0.1, 0.15) is 5.58 Å². The molecule has 0 atom stereocenters. The third-order valence-electron chi connectivity index (χ3n) is 8.06. The number of benzene rings is 4. The van der Waals surface area contributed by atoms with Gasteiger partial charge in [-0.3, -0.25) is 0 Å². The van der Waals surface area contributed by atoms with Crippen LogP contribution in [0.1, 0.15) is 30.9 Å². The molecule has 0 aliphatic heterocycles. The molecule has 0 aliphatic carbocycles. The number of aryl methyl sites for hydroxylation is 1. The predicted octanol–water partition coefficient (Wildman–Crippen LogP) is 10.6. The van der Waals surface area contributed by atoms with Crippen molar-refractivity contribution in [2.45, 2.75) is 46.3 Å². The molecule has 233 valence electrons. The van der Waals surface area contributed by atoms with Crippen LogP contribution in [-0.4, -0.2) is 18.0 Å². The molecule has 0 N–H and O–H groups in total. The van der Waals surface area contributed by atoms with E-state index < -0.39 is 8.07 Å². The summed E-state index contributed by atoms with van der Waals surface area (Å²) in [5.74, 6) is 0.534. The van der Waals surface area contributed by atoms with E-state index in [1.807, 2.05) is 42.6 Å². The van der Waals surface area contributed by atoms with Crippen molar-refractivity contribution < 1.29 is 24.5 Å². The third kappa shape index (κ3) is 7.13. The van der Waals surface area contributed by atoms with Crippen LogP contribution in [0.5, 0.6) is 0 Å². The number of hydrogen-bond donors (Lipinski definition) is 0. The second-order valence-corrected chi connectivity index (χ2v) is 17.9. The average Bonchev–Trinajstić information content (AvgIpc) is 3.43. The Bertz CT molecular complexity index is 2080. The summed E-state index contributed by atoms with van der Waals surface area (Å²) >= 11 is 0. The molecule has 4 aromatic carbocycles. The van der Waals surface area contributed by atoms with Crippen molar-refractivity contribution in [1.82, 2.24) is 9.97 Å². The van der Waals surface area contributed by atoms with E-state index in [0.717, 1.165) is 50.0 Å². The zero-order chi connectivity index (χ0) is 31.6. The monoisotopic (exact) mass is 795 g/mol. The van der Waals surface area contributed by atoms with Gasteiger partial charge in [-0.15, -0.1) is 54.1 Å². The molecule has 0 fully saturated rings. The van der Waals surface area contributed by atoms with Crippen LogP contribution in [0.25, 0.3) is 55.6 Å². The van der Waals surface area contributed by atoms with Crippen molar-refractivity contribution in [3.63, 3.8) is 0 Å². The van der Waals surface area contributed by atoms with Gasteiger partial charge in [-0.1, -0.05) is 110 Å². The van der Waals surface area contributed by atoms with Gasteiger partial charge in [0, 0.05) is 37.9 Å². The molecule has 0 amide bonds. The summed E-state index contributed by atoms with van der Waals surface area (Å²) in [5, 5.41) is 3.68. The van der Waals surface area contributed by atoms with E-state index in [0.29, 0.717) is 5.92 Å². The van der Waals surface area contributed by atoms with E-state index in [1.165, 1.54) is 21.9 Å². The first-order chi connectivity index (χ1) is 21.7. The zero-order valence-electron chi connectivity index (χ0n) is 27.2. The summed E-state index contributed by atoms with van der Waals surface area (Å²) in [7, 11) is -1.34. The number of rotatable bonds is 5. The molecule has 0 spiro atoms. The van der Waals surface area contributed by atoms with Crippen LogP contribution in [0.3, 0.4) is 0 Å². The van der Waals surface area contributed by atoms with Crippen LogP contribution < -0.4 is 5.19 Å². The minimum atomic E-state index is -1.34. The summed E-state index contributed by atoms with van der Waals surface area (Å²) in [4.78, 5) is 9.17. The van der Waals surface area contributed by atoms with Gasteiger partial charge in [0.25, 0.3) is 0 Å². The Balaban J connectivity index is 0.000000187. The van der Waals surface area contributed by atoms with Crippen molar-refractivity contribution in [1.29, 1.82) is 0 Å². The van der Waals surface area contributed by atoms with Crippen molar-refractivity contribution in [3.8, 4) is 33.6 Å². The van der Waals surface area contributed by atoms with Crippen LogP contribution in [-0.2, 0) is 20.1 Å². The quantitative estimate of drug-likeness (QED) is 0.129. The molecule has 0 aliphatic rings. The van der Waals surface area contributed by atoms with E-state index in [-0.39, 0.29) is 20.1 Å². The number of hydrogen-bond acceptors (Lipinski definition) is 3. The summed E-state index contributed by atoms with van der Waals surface area (Å²) < 4.78 is 6.27. The van der Waals surface area contributed by atoms with Gasteiger partial charge >= 0.3 is 0 Å². The number of furan rings is 1.